The molecule has 1 saturated carbocycles. The summed E-state index contributed by atoms with van der Waals surface area (Å²) >= 11 is 1.51. The third kappa shape index (κ3) is 8.14. The second kappa shape index (κ2) is 14.1. The lowest BCUT2D eigenvalue weighted by Gasteiger charge is -2.51. The predicted octanol–water partition coefficient (Wildman–Crippen LogP) is 5.96. The van der Waals surface area contributed by atoms with E-state index in [-0.39, 0.29) is 31.6 Å². The molecular weight excluding hydrogens is 632 g/mol. The van der Waals surface area contributed by atoms with Gasteiger partial charge in [-0.2, -0.15) is 0 Å². The molecule has 2 bridgehead atoms. The van der Waals surface area contributed by atoms with E-state index in [4.69, 9.17) is 14.2 Å². The quantitative estimate of drug-likeness (QED) is 0.344. The van der Waals surface area contributed by atoms with Crippen LogP contribution < -0.4 is 4.74 Å². The molecule has 12 heteroatoms. The van der Waals surface area contributed by atoms with Crippen LogP contribution in [0.5, 0.6) is 5.75 Å². The van der Waals surface area contributed by atoms with E-state index in [0.717, 1.165) is 45.2 Å². The summed E-state index contributed by atoms with van der Waals surface area (Å²) in [4.78, 5) is 53.3. The van der Waals surface area contributed by atoms with Crippen LogP contribution in [0.4, 0.5) is 9.59 Å². The maximum absolute atomic E-state index is 15.1. The number of amides is 3. The van der Waals surface area contributed by atoms with E-state index in [2.05, 4.69) is 4.98 Å². The highest BCUT2D eigenvalue weighted by atomic mass is 32.1. The fourth-order valence-corrected chi connectivity index (χ4v) is 7.45. The molecule has 3 aliphatic rings. The zero-order valence-corrected chi connectivity index (χ0v) is 30.3. The Morgan fingerprint density at radius 3 is 2.35 bits per heavy atom. The Balaban J connectivity index is 1.63. The number of benzene rings is 1. The van der Waals surface area contributed by atoms with E-state index in [0.29, 0.717) is 31.4 Å². The van der Waals surface area contributed by atoms with Gasteiger partial charge in [-0.15, -0.1) is 11.3 Å². The minimum Gasteiger partial charge on any atom is -0.496 e. The Bertz CT molecular complexity index is 1550. The fraction of sp³-hybridized carbons (Fsp3) is 0.611. The van der Waals surface area contributed by atoms with Gasteiger partial charge >= 0.3 is 12.2 Å². The summed E-state index contributed by atoms with van der Waals surface area (Å²) in [6.07, 6.45) is 4.14. The van der Waals surface area contributed by atoms with Crippen molar-refractivity contribution < 1.29 is 33.7 Å². The van der Waals surface area contributed by atoms with Crippen molar-refractivity contribution in [3.8, 4) is 5.75 Å². The lowest BCUT2D eigenvalue weighted by atomic mass is 9.83. The van der Waals surface area contributed by atoms with Gasteiger partial charge < -0.3 is 29.1 Å². The molecule has 1 aromatic carbocycles. The van der Waals surface area contributed by atoms with Crippen molar-refractivity contribution in [1.29, 1.82) is 0 Å². The molecule has 1 N–H and O–H groups in total. The zero-order chi connectivity index (χ0) is 35.0. The van der Waals surface area contributed by atoms with Gasteiger partial charge in [-0.1, -0.05) is 12.1 Å². The molecule has 3 amide bonds. The molecule has 0 spiro atoms. The maximum atomic E-state index is 15.1. The summed E-state index contributed by atoms with van der Waals surface area (Å²) in [5.74, 6) is 0.593. The van der Waals surface area contributed by atoms with Crippen LogP contribution in [0.15, 0.2) is 30.0 Å². The molecule has 1 saturated heterocycles. The fourth-order valence-electron chi connectivity index (χ4n) is 6.42. The van der Waals surface area contributed by atoms with Crippen molar-refractivity contribution in [3.05, 3.63) is 51.0 Å². The van der Waals surface area contributed by atoms with E-state index in [1.54, 1.807) is 23.1 Å². The zero-order valence-electron chi connectivity index (χ0n) is 29.5. The Morgan fingerprint density at radius 2 is 1.73 bits per heavy atom. The van der Waals surface area contributed by atoms with Crippen molar-refractivity contribution in [2.75, 3.05) is 26.8 Å². The smallest absolute Gasteiger partial charge is 0.411 e. The number of fused-ring (bicyclic) bond motifs is 2. The van der Waals surface area contributed by atoms with Gasteiger partial charge in [0, 0.05) is 50.5 Å². The molecule has 2 fully saturated rings. The summed E-state index contributed by atoms with van der Waals surface area (Å²) in [7, 11) is 1.64. The Labute approximate surface area is 287 Å². The molecule has 1 unspecified atom stereocenters. The number of nitrogens with zero attached hydrogens (tertiary/aromatic N) is 4. The van der Waals surface area contributed by atoms with Gasteiger partial charge in [0.2, 0.25) is 0 Å². The summed E-state index contributed by atoms with van der Waals surface area (Å²) in [6.45, 7) is 13.7. The van der Waals surface area contributed by atoms with E-state index in [1.165, 1.54) is 11.3 Å². The van der Waals surface area contributed by atoms with Crippen LogP contribution in [0.2, 0.25) is 0 Å². The van der Waals surface area contributed by atoms with Crippen LogP contribution in [-0.2, 0) is 27.2 Å². The lowest BCUT2D eigenvalue weighted by Crippen LogP contribution is -2.66. The van der Waals surface area contributed by atoms with Crippen LogP contribution in [0, 0.1) is 6.92 Å². The molecule has 262 valence electrons. The predicted molar refractivity (Wildman–Crippen MR) is 184 cm³/mol. The minimum absolute atomic E-state index is 0.0525. The number of aromatic nitrogens is 1. The van der Waals surface area contributed by atoms with Gasteiger partial charge in [0.05, 0.1) is 29.1 Å². The summed E-state index contributed by atoms with van der Waals surface area (Å²) < 4.78 is 17.3. The first-order valence-electron chi connectivity index (χ1n) is 16.8. The number of rotatable bonds is 9. The number of aryl methyl sites for hydroxylation is 1. The Hall–Kier alpha value is -3.64. The van der Waals surface area contributed by atoms with Crippen molar-refractivity contribution in [3.63, 3.8) is 0 Å². The molecule has 48 heavy (non-hydrogen) atoms. The van der Waals surface area contributed by atoms with Crippen LogP contribution >= 0.6 is 11.3 Å². The highest BCUT2D eigenvalue weighted by Crippen LogP contribution is 2.43. The number of carbonyl (C=O) groups excluding carboxylic acids is 3. The average molecular weight is 683 g/mol. The second-order valence-electron chi connectivity index (χ2n) is 14.9. The first-order chi connectivity index (χ1) is 22.6. The number of piperazine rings is 1. The molecular formula is C36H50N4O7S. The number of carbonyl (C=O) groups is 3. The van der Waals surface area contributed by atoms with Crippen LogP contribution in [0.1, 0.15) is 88.2 Å². The lowest BCUT2D eigenvalue weighted by molar-refractivity contribution is -0.129. The molecule has 0 radical (unpaired) electrons. The topological polar surface area (TPSA) is 122 Å². The number of ether oxygens (including phenoxy) is 3. The molecule has 11 nitrogen and oxygen atoms in total. The van der Waals surface area contributed by atoms with E-state index < -0.39 is 35.5 Å². The summed E-state index contributed by atoms with van der Waals surface area (Å²) in [5, 5.41) is 10.3. The SMILES string of the molecule is COc1cccc(CN(C(=O)C2=C(c3cnc(CCCO)s3)CC3CN(C(=O)OC(C)(C)C)C[C@H]2N3C(=O)OC(C)(C)C)C2CC2)c1C. The number of thiazole rings is 1. The van der Waals surface area contributed by atoms with Gasteiger partial charge in [-0.25, -0.2) is 14.6 Å². The van der Waals surface area contributed by atoms with Crippen LogP contribution in [-0.4, -0.2) is 99.0 Å². The van der Waals surface area contributed by atoms with Crippen molar-refractivity contribution >= 4 is 35.0 Å². The molecule has 1 aromatic heterocycles. The number of hydrogen-bond donors (Lipinski definition) is 1. The minimum atomic E-state index is -0.766. The standard InChI is InChI=1S/C36H50N4O7S/c1-22-23(11-9-12-28(22)45-8)19-39(24-14-15-24)32(42)31-26(29-18-37-30(48-29)13-10-16-41)17-25-20-38(33(43)46-35(2,3)4)21-27(31)40(25)34(44)47-36(5,6)7/h9,11-12,18,24-25,27,41H,10,13-17,19-21H2,1-8H3/t25?,27-/m1/s1. The van der Waals surface area contributed by atoms with Gasteiger partial charge in [0.25, 0.3) is 5.91 Å². The Kier molecular flexibility index (Phi) is 10.5. The largest absolute Gasteiger partial charge is 0.496 e. The first-order valence-corrected chi connectivity index (χ1v) is 17.6. The normalized spacial score (nSPS) is 19.7. The van der Waals surface area contributed by atoms with Crippen LogP contribution in [0.25, 0.3) is 5.57 Å². The molecule has 2 atom stereocenters. The highest BCUT2D eigenvalue weighted by Gasteiger charge is 2.51. The van der Waals surface area contributed by atoms with Crippen molar-refractivity contribution in [1.82, 2.24) is 19.7 Å². The van der Waals surface area contributed by atoms with Gasteiger partial charge in [-0.3, -0.25) is 9.69 Å². The number of hydrogen-bond acceptors (Lipinski definition) is 9. The number of aliphatic hydroxyl groups excluding tert-OH is 1. The van der Waals surface area contributed by atoms with Gasteiger partial charge in [-0.05, 0) is 96.9 Å². The molecule has 3 heterocycles. The van der Waals surface area contributed by atoms with Crippen molar-refractivity contribution in [2.24, 2.45) is 0 Å². The number of aliphatic hydroxyl groups is 1. The van der Waals surface area contributed by atoms with E-state index in [9.17, 15) is 14.7 Å². The van der Waals surface area contributed by atoms with Crippen molar-refractivity contribution in [2.45, 2.75) is 116 Å². The third-order valence-electron chi connectivity index (χ3n) is 8.74. The monoisotopic (exact) mass is 682 g/mol. The first kappa shape index (κ1) is 35.7. The molecule has 5 rings (SSSR count). The highest BCUT2D eigenvalue weighted by molar-refractivity contribution is 7.12. The number of methoxy groups -OCH3 is 1. The summed E-state index contributed by atoms with van der Waals surface area (Å²) in [5.41, 5.74) is 1.82. The maximum Gasteiger partial charge on any atom is 0.411 e. The van der Waals surface area contributed by atoms with Crippen LogP contribution in [0.3, 0.4) is 0 Å². The molecule has 1 aliphatic carbocycles. The molecule has 2 aliphatic heterocycles. The Morgan fingerprint density at radius 1 is 1.04 bits per heavy atom. The average Bonchev–Trinajstić information content (AvgIpc) is 3.73. The van der Waals surface area contributed by atoms with Gasteiger partial charge in [0.1, 0.15) is 17.0 Å². The van der Waals surface area contributed by atoms with Gasteiger partial charge in [0.15, 0.2) is 0 Å². The molecule has 2 aromatic rings. The summed E-state index contributed by atoms with van der Waals surface area (Å²) in [6, 6.07) is 4.70. The van der Waals surface area contributed by atoms with E-state index in [1.807, 2.05) is 71.6 Å². The van der Waals surface area contributed by atoms with E-state index >= 15 is 4.79 Å². The second-order valence-corrected chi connectivity index (χ2v) is 16.0. The third-order valence-corrected chi connectivity index (χ3v) is 9.86.